The van der Waals surface area contributed by atoms with Crippen molar-refractivity contribution in [2.45, 2.75) is 74.9 Å². The van der Waals surface area contributed by atoms with Crippen LogP contribution in [0.4, 0.5) is 13.2 Å². The second-order valence-corrected chi connectivity index (χ2v) is 9.43. The zero-order valence-electron chi connectivity index (χ0n) is 18.2. The van der Waals surface area contributed by atoms with E-state index in [-0.39, 0.29) is 53.4 Å². The Hall–Kier alpha value is -2.37. The number of rotatable bonds is 8. The molecule has 184 valence electrons. The van der Waals surface area contributed by atoms with Crippen molar-refractivity contribution in [1.82, 2.24) is 15.5 Å². The Morgan fingerprint density at radius 2 is 1.97 bits per heavy atom. The van der Waals surface area contributed by atoms with Crippen LogP contribution in [-0.2, 0) is 14.3 Å². The van der Waals surface area contributed by atoms with E-state index >= 15 is 0 Å². The van der Waals surface area contributed by atoms with Crippen LogP contribution >= 0.6 is 11.6 Å². The van der Waals surface area contributed by atoms with Crippen LogP contribution in [0.1, 0.15) is 56.2 Å². The number of carbonyl (C=O) groups is 1. The van der Waals surface area contributed by atoms with Crippen molar-refractivity contribution >= 4 is 17.5 Å². The molecule has 1 N–H and O–H groups in total. The molecule has 0 spiro atoms. The molecule has 1 aliphatic carbocycles. The van der Waals surface area contributed by atoms with E-state index < -0.39 is 18.0 Å². The molecule has 12 heteroatoms. The van der Waals surface area contributed by atoms with Gasteiger partial charge in [0.1, 0.15) is 11.6 Å². The van der Waals surface area contributed by atoms with Crippen molar-refractivity contribution in [1.29, 1.82) is 0 Å². The fourth-order valence-corrected chi connectivity index (χ4v) is 4.87. The number of aromatic nitrogens is 2. The van der Waals surface area contributed by atoms with Crippen molar-refractivity contribution < 1.29 is 36.6 Å². The Morgan fingerprint density at radius 1 is 1.21 bits per heavy atom. The van der Waals surface area contributed by atoms with E-state index in [1.54, 1.807) is 0 Å². The molecular weight excluding hydrogens is 479 g/mol. The number of fused-ring (bicyclic) bond motifs is 2. The second kappa shape index (κ2) is 9.01. The summed E-state index contributed by atoms with van der Waals surface area (Å²) in [5, 5.41) is 11.1. The number of amides is 1. The van der Waals surface area contributed by atoms with E-state index in [1.807, 2.05) is 0 Å². The van der Waals surface area contributed by atoms with Crippen LogP contribution in [0.15, 0.2) is 22.6 Å². The highest BCUT2D eigenvalue weighted by Gasteiger charge is 2.50. The molecule has 1 amide bonds. The van der Waals surface area contributed by atoms with Crippen molar-refractivity contribution in [3.05, 3.63) is 40.8 Å². The quantitative estimate of drug-likeness (QED) is 0.585. The molecule has 1 aromatic carbocycles. The number of halogens is 4. The lowest BCUT2D eigenvalue weighted by atomic mass is 9.82. The number of benzene rings is 1. The molecule has 1 aromatic heterocycles. The summed E-state index contributed by atoms with van der Waals surface area (Å²) in [7, 11) is 0. The molecule has 5 rings (SSSR count). The lowest BCUT2D eigenvalue weighted by molar-refractivity contribution is -0.265. The van der Waals surface area contributed by atoms with E-state index in [0.29, 0.717) is 37.5 Å². The lowest BCUT2D eigenvalue weighted by Gasteiger charge is -2.34. The minimum atomic E-state index is -3.15. The van der Waals surface area contributed by atoms with E-state index in [1.165, 1.54) is 12.1 Å². The fourth-order valence-electron chi connectivity index (χ4n) is 4.75. The molecule has 3 heterocycles. The summed E-state index contributed by atoms with van der Waals surface area (Å²) in [5.41, 5.74) is 0. The summed E-state index contributed by atoms with van der Waals surface area (Å²) >= 11 is 5.63. The molecule has 4 atom stereocenters. The van der Waals surface area contributed by atoms with Crippen LogP contribution in [0.5, 0.6) is 5.75 Å². The highest BCUT2D eigenvalue weighted by Crippen LogP contribution is 2.46. The van der Waals surface area contributed by atoms with Crippen LogP contribution in [-0.4, -0.2) is 53.2 Å². The topological polar surface area (TPSA) is 95.7 Å². The van der Waals surface area contributed by atoms with Crippen molar-refractivity contribution in [3.63, 3.8) is 0 Å². The number of hydrogen-bond acceptors (Lipinski definition) is 7. The van der Waals surface area contributed by atoms with Gasteiger partial charge in [0.25, 0.3) is 5.91 Å². The van der Waals surface area contributed by atoms with Gasteiger partial charge < -0.3 is 23.9 Å². The van der Waals surface area contributed by atoms with E-state index in [4.69, 9.17) is 25.5 Å². The van der Waals surface area contributed by atoms with Gasteiger partial charge in [-0.15, -0.1) is 10.2 Å². The van der Waals surface area contributed by atoms with Crippen LogP contribution < -0.4 is 10.1 Å². The van der Waals surface area contributed by atoms with Crippen molar-refractivity contribution in [3.8, 4) is 5.75 Å². The predicted octanol–water partition coefficient (Wildman–Crippen LogP) is 3.95. The number of alkyl halides is 2. The van der Waals surface area contributed by atoms with Crippen molar-refractivity contribution in [2.75, 3.05) is 6.61 Å². The first-order valence-electron chi connectivity index (χ1n) is 11.1. The largest absolute Gasteiger partial charge is 0.484 e. The van der Waals surface area contributed by atoms with Crippen LogP contribution in [0.25, 0.3) is 0 Å². The summed E-state index contributed by atoms with van der Waals surface area (Å²) in [6.45, 7) is 0.464. The normalized spacial score (nSPS) is 30.3. The van der Waals surface area contributed by atoms with E-state index in [2.05, 4.69) is 20.3 Å². The molecule has 2 aromatic rings. The SMILES string of the molecule is CC(F)(F)OC1CC(c2nnc([C@H]3C[C@H]4O[C@@H]3C[C@@H]4NC(=O)COc3ccc(Cl)c(F)c3)o2)C1. The van der Waals surface area contributed by atoms with Gasteiger partial charge in [-0.2, -0.15) is 8.78 Å². The van der Waals surface area contributed by atoms with Gasteiger partial charge in [0.05, 0.1) is 35.3 Å². The zero-order chi connectivity index (χ0) is 24.0. The molecule has 34 heavy (non-hydrogen) atoms. The molecule has 0 unspecified atom stereocenters. The molecule has 3 fully saturated rings. The minimum Gasteiger partial charge on any atom is -0.484 e. The molecular formula is C22H23ClF3N3O5. The highest BCUT2D eigenvalue weighted by molar-refractivity contribution is 6.30. The monoisotopic (exact) mass is 501 g/mol. The number of nitrogens with one attached hydrogen (secondary N) is 1. The first-order valence-corrected chi connectivity index (χ1v) is 11.4. The van der Waals surface area contributed by atoms with Crippen LogP contribution in [0.2, 0.25) is 5.02 Å². The Balaban J connectivity index is 1.08. The van der Waals surface area contributed by atoms with Gasteiger partial charge in [-0.05, 0) is 37.8 Å². The smallest absolute Gasteiger partial charge is 0.353 e. The molecule has 8 nitrogen and oxygen atoms in total. The van der Waals surface area contributed by atoms with Gasteiger partial charge in [0.2, 0.25) is 11.8 Å². The number of ether oxygens (including phenoxy) is 3. The first kappa shape index (κ1) is 23.4. The molecule has 2 saturated heterocycles. The predicted molar refractivity (Wildman–Crippen MR) is 111 cm³/mol. The summed E-state index contributed by atoms with van der Waals surface area (Å²) in [6.07, 6.45) is -2.02. The average Bonchev–Trinajstić information content (AvgIpc) is 3.46. The average molecular weight is 502 g/mol. The fraction of sp³-hybridized carbons (Fsp3) is 0.591. The summed E-state index contributed by atoms with van der Waals surface area (Å²) in [5.74, 6) is -0.0321. The maximum atomic E-state index is 13.5. The van der Waals surface area contributed by atoms with Gasteiger partial charge in [-0.25, -0.2) is 4.39 Å². The standard InChI is InChI=1S/C22H23ClF3N3O5/c1-22(25,26)34-12-4-10(5-12)20-28-29-21(33-20)13-7-18-16(8-17(13)32-18)27-19(30)9-31-11-2-3-14(23)15(24)6-11/h2-3,6,10,12-13,16-18H,4-5,7-9H2,1H3,(H,27,30)/t10?,12?,13-,16-,17+,18+/m0/s1. The number of carbonyl (C=O) groups excluding carboxylic acids is 1. The molecule has 1 saturated carbocycles. The maximum Gasteiger partial charge on any atom is 0.353 e. The van der Waals surface area contributed by atoms with E-state index in [0.717, 1.165) is 13.0 Å². The van der Waals surface area contributed by atoms with Gasteiger partial charge in [0.15, 0.2) is 6.61 Å². The Labute approximate surface area is 198 Å². The van der Waals surface area contributed by atoms with Gasteiger partial charge in [-0.1, -0.05) is 11.6 Å². The molecule has 2 bridgehead atoms. The van der Waals surface area contributed by atoms with E-state index in [9.17, 15) is 18.0 Å². The van der Waals surface area contributed by atoms with Crippen molar-refractivity contribution in [2.24, 2.45) is 0 Å². The zero-order valence-corrected chi connectivity index (χ0v) is 18.9. The molecule has 3 aliphatic rings. The van der Waals surface area contributed by atoms with Crippen LogP contribution in [0, 0.1) is 5.82 Å². The highest BCUT2D eigenvalue weighted by atomic mass is 35.5. The summed E-state index contributed by atoms with van der Waals surface area (Å²) < 4.78 is 61.1. The minimum absolute atomic E-state index is 0.0223. The summed E-state index contributed by atoms with van der Waals surface area (Å²) in [6, 6.07) is 3.79. The third-order valence-corrected chi connectivity index (χ3v) is 6.72. The Kier molecular flexibility index (Phi) is 6.19. The van der Waals surface area contributed by atoms with Crippen LogP contribution in [0.3, 0.4) is 0 Å². The Bertz CT molecular complexity index is 1060. The Morgan fingerprint density at radius 3 is 2.65 bits per heavy atom. The molecule has 2 aliphatic heterocycles. The summed E-state index contributed by atoms with van der Waals surface area (Å²) in [4.78, 5) is 12.3. The number of hydrogen-bond donors (Lipinski definition) is 1. The van der Waals surface area contributed by atoms with Gasteiger partial charge in [0, 0.05) is 18.9 Å². The van der Waals surface area contributed by atoms with Gasteiger partial charge >= 0.3 is 6.11 Å². The third kappa shape index (κ3) is 5.01. The van der Waals surface area contributed by atoms with Gasteiger partial charge in [-0.3, -0.25) is 4.79 Å². The number of nitrogens with zero attached hydrogens (tertiary/aromatic N) is 2. The third-order valence-electron chi connectivity index (χ3n) is 6.42. The maximum absolute atomic E-state index is 13.5. The first-order chi connectivity index (χ1) is 16.1. The second-order valence-electron chi connectivity index (χ2n) is 9.02. The lowest BCUT2D eigenvalue weighted by Crippen LogP contribution is -2.44. The molecule has 0 radical (unpaired) electrons.